The summed E-state index contributed by atoms with van der Waals surface area (Å²) in [5.74, 6) is -0.403. The molecule has 0 saturated heterocycles. The summed E-state index contributed by atoms with van der Waals surface area (Å²) >= 11 is 0. The van der Waals surface area contributed by atoms with Crippen molar-refractivity contribution in [2.24, 2.45) is 0 Å². The largest absolute Gasteiger partial charge is 0.458 e. The zero-order chi connectivity index (χ0) is 25.2. The smallest absolute Gasteiger partial charge is 0.407 e. The third-order valence-corrected chi connectivity index (χ3v) is 11.2. The molecule has 0 heterocycles. The number of alkyl carbamates (subject to hydrolysis) is 1. The second kappa shape index (κ2) is 13.0. The Bertz CT molecular complexity index is 806. The molecule has 0 spiro atoms. The van der Waals surface area contributed by atoms with E-state index in [1.807, 2.05) is 30.3 Å². The molecule has 1 aliphatic rings. The van der Waals surface area contributed by atoms with Crippen LogP contribution in [0.1, 0.15) is 46.1 Å². The summed E-state index contributed by atoms with van der Waals surface area (Å²) < 4.78 is 17.3. The second-order valence-electron chi connectivity index (χ2n) is 8.87. The van der Waals surface area contributed by atoms with E-state index in [-0.39, 0.29) is 19.6 Å². The van der Waals surface area contributed by atoms with Gasteiger partial charge in [0.25, 0.3) is 0 Å². The minimum atomic E-state index is -2.12. The molecule has 2 rings (SSSR count). The van der Waals surface area contributed by atoms with Gasteiger partial charge in [0.15, 0.2) is 8.32 Å². The molecule has 0 bridgehead atoms. The highest BCUT2D eigenvalue weighted by atomic mass is 28.4. The van der Waals surface area contributed by atoms with E-state index in [0.29, 0.717) is 6.42 Å². The number of amides is 1. The lowest BCUT2D eigenvalue weighted by molar-refractivity contribution is -0.148. The predicted octanol–water partition coefficient (Wildman–Crippen LogP) is 3.68. The van der Waals surface area contributed by atoms with E-state index < -0.39 is 44.2 Å². The molecule has 190 valence electrons. The van der Waals surface area contributed by atoms with Crippen LogP contribution < -0.4 is 5.32 Å². The molecule has 9 heteroatoms. The Morgan fingerprint density at radius 1 is 1.18 bits per heavy atom. The number of esters is 1. The first-order valence-electron chi connectivity index (χ1n) is 12.0. The molecule has 0 aliphatic heterocycles. The van der Waals surface area contributed by atoms with Gasteiger partial charge in [-0.2, -0.15) is 0 Å². The lowest BCUT2D eigenvalue weighted by Crippen LogP contribution is -2.56. The maximum atomic E-state index is 12.3. The molecule has 0 aromatic heterocycles. The van der Waals surface area contributed by atoms with Crippen molar-refractivity contribution in [1.82, 2.24) is 5.32 Å². The minimum Gasteiger partial charge on any atom is -0.458 e. The lowest BCUT2D eigenvalue weighted by Gasteiger charge is -2.44. The number of carbonyl (C=O) groups excluding carboxylic acids is 2. The SMILES string of the molecule is CC[Si](CC)(CC)O[C@H]1C[C@@H](OC(C)=O)C=C[C@@]1(O)C[C@@H](CO)NC(=O)OCc1ccccc1. The average Bonchev–Trinajstić information content (AvgIpc) is 2.83. The van der Waals surface area contributed by atoms with Crippen LogP contribution in [0, 0.1) is 0 Å². The number of hydrogen-bond donors (Lipinski definition) is 3. The molecule has 1 amide bonds. The third-order valence-electron chi connectivity index (χ3n) is 6.57. The van der Waals surface area contributed by atoms with E-state index >= 15 is 0 Å². The Morgan fingerprint density at radius 2 is 1.82 bits per heavy atom. The van der Waals surface area contributed by atoms with Crippen molar-refractivity contribution in [3.8, 4) is 0 Å². The zero-order valence-electron chi connectivity index (χ0n) is 20.7. The summed E-state index contributed by atoms with van der Waals surface area (Å²) in [6.45, 7) is 7.36. The molecule has 0 fully saturated rings. The summed E-state index contributed by atoms with van der Waals surface area (Å²) in [5, 5.41) is 24.2. The van der Waals surface area contributed by atoms with Crippen molar-refractivity contribution in [3.05, 3.63) is 48.0 Å². The van der Waals surface area contributed by atoms with Crippen molar-refractivity contribution < 1.29 is 33.7 Å². The van der Waals surface area contributed by atoms with Gasteiger partial charge in [0, 0.05) is 19.8 Å². The number of aliphatic hydroxyl groups is 2. The Labute approximate surface area is 203 Å². The maximum Gasteiger partial charge on any atom is 0.407 e. The summed E-state index contributed by atoms with van der Waals surface area (Å²) in [7, 11) is -2.12. The Hall–Kier alpha value is -2.20. The lowest BCUT2D eigenvalue weighted by atomic mass is 9.82. The fraction of sp³-hybridized carbons (Fsp3) is 0.600. The first-order chi connectivity index (χ1) is 16.2. The van der Waals surface area contributed by atoms with Crippen LogP contribution in [-0.2, 0) is 25.3 Å². The first kappa shape index (κ1) is 28.0. The van der Waals surface area contributed by atoms with Gasteiger partial charge in [-0.05, 0) is 29.8 Å². The number of carbonyl (C=O) groups is 2. The van der Waals surface area contributed by atoms with E-state index in [9.17, 15) is 19.8 Å². The molecule has 1 aromatic carbocycles. The molecule has 0 radical (unpaired) electrons. The van der Waals surface area contributed by atoms with Gasteiger partial charge < -0.3 is 29.4 Å². The van der Waals surface area contributed by atoms with Crippen LogP contribution in [0.5, 0.6) is 0 Å². The molecular weight excluding hydrogens is 454 g/mol. The highest BCUT2D eigenvalue weighted by Crippen LogP contribution is 2.36. The van der Waals surface area contributed by atoms with Crippen LogP contribution in [-0.4, -0.2) is 61.1 Å². The number of hydrogen-bond acceptors (Lipinski definition) is 7. The van der Waals surface area contributed by atoms with Gasteiger partial charge in [0.1, 0.15) is 18.3 Å². The van der Waals surface area contributed by atoms with Crippen LogP contribution >= 0.6 is 0 Å². The number of benzene rings is 1. The predicted molar refractivity (Wildman–Crippen MR) is 132 cm³/mol. The zero-order valence-corrected chi connectivity index (χ0v) is 21.7. The summed E-state index contributed by atoms with van der Waals surface area (Å²) in [5.41, 5.74) is -0.605. The third kappa shape index (κ3) is 7.94. The Balaban J connectivity index is 2.13. The first-order valence-corrected chi connectivity index (χ1v) is 14.6. The van der Waals surface area contributed by atoms with E-state index in [1.54, 1.807) is 12.2 Å². The molecular formula is C25H39NO7Si. The van der Waals surface area contributed by atoms with Crippen molar-refractivity contribution in [2.75, 3.05) is 6.61 Å². The fourth-order valence-electron chi connectivity index (χ4n) is 4.31. The van der Waals surface area contributed by atoms with Crippen LogP contribution in [0.3, 0.4) is 0 Å². The van der Waals surface area contributed by atoms with E-state index in [1.165, 1.54) is 6.92 Å². The Morgan fingerprint density at radius 3 is 2.38 bits per heavy atom. The number of nitrogens with one attached hydrogen (secondary N) is 1. The van der Waals surface area contributed by atoms with E-state index in [0.717, 1.165) is 23.7 Å². The Kier molecular flexibility index (Phi) is 10.8. The molecule has 1 aromatic rings. The van der Waals surface area contributed by atoms with E-state index in [4.69, 9.17) is 13.9 Å². The average molecular weight is 494 g/mol. The molecule has 34 heavy (non-hydrogen) atoms. The standard InChI is InChI=1S/C25H39NO7Si/c1-5-34(6-2,7-3)33-23-15-22(32-19(4)28)13-14-25(23,30)16-21(17-27)26-24(29)31-18-20-11-9-8-10-12-20/h8-14,21-23,27,30H,5-7,15-18H2,1-4H3,(H,26,29)/t21-,22-,23-,25+/m0/s1. The van der Waals surface area contributed by atoms with Crippen molar-refractivity contribution >= 4 is 20.4 Å². The van der Waals surface area contributed by atoms with Crippen LogP contribution in [0.4, 0.5) is 4.79 Å². The highest BCUT2D eigenvalue weighted by Gasteiger charge is 2.46. The molecule has 4 atom stereocenters. The van der Waals surface area contributed by atoms with Crippen LogP contribution in [0.15, 0.2) is 42.5 Å². The molecule has 8 nitrogen and oxygen atoms in total. The fourth-order valence-corrected chi connectivity index (χ4v) is 7.22. The van der Waals surface area contributed by atoms with Crippen LogP contribution in [0.25, 0.3) is 0 Å². The second-order valence-corrected chi connectivity index (χ2v) is 13.6. The summed E-state index contributed by atoms with van der Waals surface area (Å²) in [6, 6.07) is 11.2. The minimum absolute atomic E-state index is 0.0273. The number of rotatable bonds is 12. The molecule has 1 aliphatic carbocycles. The van der Waals surface area contributed by atoms with Gasteiger partial charge in [-0.15, -0.1) is 0 Å². The van der Waals surface area contributed by atoms with Crippen molar-refractivity contribution in [3.63, 3.8) is 0 Å². The van der Waals surface area contributed by atoms with Crippen molar-refractivity contribution in [1.29, 1.82) is 0 Å². The number of ether oxygens (including phenoxy) is 2. The monoisotopic (exact) mass is 493 g/mol. The van der Waals surface area contributed by atoms with Crippen LogP contribution in [0.2, 0.25) is 18.1 Å². The summed E-state index contributed by atoms with van der Waals surface area (Å²) in [6.07, 6.45) is 1.74. The molecule has 0 saturated carbocycles. The molecule has 3 N–H and O–H groups in total. The quantitative estimate of drug-likeness (QED) is 0.231. The number of aliphatic hydroxyl groups excluding tert-OH is 1. The van der Waals surface area contributed by atoms with Gasteiger partial charge in [-0.1, -0.05) is 57.2 Å². The van der Waals surface area contributed by atoms with Gasteiger partial charge in [-0.3, -0.25) is 4.79 Å². The summed E-state index contributed by atoms with van der Waals surface area (Å²) in [4.78, 5) is 23.8. The topological polar surface area (TPSA) is 114 Å². The molecule has 0 unspecified atom stereocenters. The van der Waals surface area contributed by atoms with Gasteiger partial charge >= 0.3 is 12.1 Å². The van der Waals surface area contributed by atoms with Gasteiger partial charge in [0.2, 0.25) is 0 Å². The van der Waals surface area contributed by atoms with E-state index in [2.05, 4.69) is 26.1 Å². The van der Waals surface area contributed by atoms with Gasteiger partial charge in [-0.25, -0.2) is 4.79 Å². The van der Waals surface area contributed by atoms with Gasteiger partial charge in [0.05, 0.1) is 18.8 Å². The normalized spacial score (nSPS) is 23.2. The highest BCUT2D eigenvalue weighted by molar-refractivity contribution is 6.73. The van der Waals surface area contributed by atoms with Crippen molar-refractivity contribution in [2.45, 2.75) is 89.1 Å². The maximum absolute atomic E-state index is 12.3.